The van der Waals surface area contributed by atoms with Crippen molar-refractivity contribution in [1.82, 2.24) is 0 Å². The molecule has 272 valence electrons. The van der Waals surface area contributed by atoms with E-state index in [1.165, 1.54) is 257 Å². The highest BCUT2D eigenvalue weighted by molar-refractivity contribution is 4.53. The first-order valence-electron chi connectivity index (χ1n) is 22.0. The predicted molar refractivity (Wildman–Crippen MR) is 207 cm³/mol. The number of hydrogen-bond donors (Lipinski definition) is 0. The molecule has 0 aromatic heterocycles. The van der Waals surface area contributed by atoms with Crippen molar-refractivity contribution in [2.75, 3.05) is 13.2 Å². The zero-order valence-electron chi connectivity index (χ0n) is 32.1. The van der Waals surface area contributed by atoms with Gasteiger partial charge >= 0.3 is 0 Å². The number of ether oxygens (including phenoxy) is 1. The Morgan fingerprint density at radius 2 is 0.311 bits per heavy atom. The van der Waals surface area contributed by atoms with Crippen LogP contribution < -0.4 is 0 Å². The van der Waals surface area contributed by atoms with Crippen molar-refractivity contribution >= 4 is 0 Å². The third-order valence-corrected chi connectivity index (χ3v) is 10.3. The Bertz CT molecular complexity index is 432. The highest BCUT2D eigenvalue weighted by Gasteiger charge is 1.98. The van der Waals surface area contributed by atoms with E-state index in [2.05, 4.69) is 13.8 Å². The van der Waals surface area contributed by atoms with E-state index in [-0.39, 0.29) is 0 Å². The summed E-state index contributed by atoms with van der Waals surface area (Å²) >= 11 is 0. The molecule has 1 nitrogen and oxygen atoms in total. The molecule has 0 N–H and O–H groups in total. The normalized spacial score (nSPS) is 11.6. The summed E-state index contributed by atoms with van der Waals surface area (Å²) in [6.07, 6.45) is 58.0. The standard InChI is InChI=1S/C44H90O/c1-3-5-7-9-11-13-15-17-19-21-22-23-24-25-26-27-28-30-32-34-36-38-40-42-44-45-43-41-39-37-35-33-31-29-20-18-16-14-12-10-8-6-4-2/h3-44H2,1-2H3. The lowest BCUT2D eigenvalue weighted by molar-refractivity contribution is 0.125. The Morgan fingerprint density at radius 3 is 0.467 bits per heavy atom. The fraction of sp³-hybridized carbons (Fsp3) is 1.00. The molecule has 0 rings (SSSR count). The molecule has 0 aromatic carbocycles. The van der Waals surface area contributed by atoms with E-state index in [0.717, 1.165) is 13.2 Å². The lowest BCUT2D eigenvalue weighted by Gasteiger charge is -2.06. The molecular weight excluding hydrogens is 544 g/mol. The molecule has 0 atom stereocenters. The van der Waals surface area contributed by atoms with Gasteiger partial charge in [0, 0.05) is 13.2 Å². The quantitative estimate of drug-likeness (QED) is 0.0607. The Labute approximate surface area is 288 Å². The summed E-state index contributed by atoms with van der Waals surface area (Å²) in [5.41, 5.74) is 0. The molecule has 45 heavy (non-hydrogen) atoms. The minimum absolute atomic E-state index is 0.998. The van der Waals surface area contributed by atoms with Crippen LogP contribution in [0.15, 0.2) is 0 Å². The second-order valence-electron chi connectivity index (χ2n) is 15.0. The second-order valence-corrected chi connectivity index (χ2v) is 15.0. The summed E-state index contributed by atoms with van der Waals surface area (Å²) in [5.74, 6) is 0. The van der Waals surface area contributed by atoms with E-state index in [9.17, 15) is 0 Å². The molecule has 0 aromatic rings. The lowest BCUT2D eigenvalue weighted by atomic mass is 10.0. The van der Waals surface area contributed by atoms with E-state index in [4.69, 9.17) is 4.74 Å². The molecule has 1 heteroatoms. The number of rotatable bonds is 42. The van der Waals surface area contributed by atoms with Gasteiger partial charge in [-0.3, -0.25) is 0 Å². The van der Waals surface area contributed by atoms with Crippen LogP contribution in [0.25, 0.3) is 0 Å². The first-order chi connectivity index (χ1) is 22.4. The van der Waals surface area contributed by atoms with Gasteiger partial charge in [0.1, 0.15) is 0 Å². The Hall–Kier alpha value is -0.0400. The van der Waals surface area contributed by atoms with Gasteiger partial charge in [-0.15, -0.1) is 0 Å². The van der Waals surface area contributed by atoms with Crippen LogP contribution in [0.1, 0.15) is 271 Å². The third-order valence-electron chi connectivity index (χ3n) is 10.3. The highest BCUT2D eigenvalue weighted by Crippen LogP contribution is 2.16. The Balaban J connectivity index is 3.03. The molecule has 0 spiro atoms. The summed E-state index contributed by atoms with van der Waals surface area (Å²) < 4.78 is 5.90. The first kappa shape index (κ1) is 45.0. The van der Waals surface area contributed by atoms with Crippen molar-refractivity contribution in [2.24, 2.45) is 0 Å². The molecule has 0 heterocycles. The summed E-state index contributed by atoms with van der Waals surface area (Å²) in [6.45, 7) is 6.61. The maximum Gasteiger partial charge on any atom is 0.0466 e. The summed E-state index contributed by atoms with van der Waals surface area (Å²) in [6, 6.07) is 0. The molecule has 0 bridgehead atoms. The van der Waals surface area contributed by atoms with Crippen molar-refractivity contribution in [1.29, 1.82) is 0 Å². The smallest absolute Gasteiger partial charge is 0.0466 e. The molecule has 0 saturated carbocycles. The van der Waals surface area contributed by atoms with E-state index in [1.54, 1.807) is 0 Å². The van der Waals surface area contributed by atoms with Crippen LogP contribution in [0.3, 0.4) is 0 Å². The van der Waals surface area contributed by atoms with Crippen LogP contribution in [-0.2, 0) is 4.74 Å². The average molecular weight is 635 g/mol. The third kappa shape index (κ3) is 44.0. The van der Waals surface area contributed by atoms with Crippen molar-refractivity contribution < 1.29 is 4.74 Å². The molecular formula is C44H90O. The maximum absolute atomic E-state index is 5.90. The fourth-order valence-electron chi connectivity index (χ4n) is 7.02. The van der Waals surface area contributed by atoms with Crippen LogP contribution >= 0.6 is 0 Å². The molecule has 0 aliphatic rings. The molecule has 0 aliphatic heterocycles. The molecule has 0 fully saturated rings. The van der Waals surface area contributed by atoms with Crippen molar-refractivity contribution in [3.63, 3.8) is 0 Å². The van der Waals surface area contributed by atoms with Gasteiger partial charge in [0.15, 0.2) is 0 Å². The highest BCUT2D eigenvalue weighted by atomic mass is 16.5. The van der Waals surface area contributed by atoms with Crippen LogP contribution in [0.4, 0.5) is 0 Å². The predicted octanol–water partition coefficient (Wildman–Crippen LogP) is 16.6. The second kappa shape index (κ2) is 44.0. The van der Waals surface area contributed by atoms with Gasteiger partial charge in [-0.2, -0.15) is 0 Å². The summed E-state index contributed by atoms with van der Waals surface area (Å²) in [7, 11) is 0. The molecule has 0 radical (unpaired) electrons. The van der Waals surface area contributed by atoms with Gasteiger partial charge in [-0.25, -0.2) is 0 Å². The zero-order valence-corrected chi connectivity index (χ0v) is 32.1. The summed E-state index contributed by atoms with van der Waals surface area (Å²) in [5, 5.41) is 0. The van der Waals surface area contributed by atoms with E-state index in [1.807, 2.05) is 0 Å². The van der Waals surface area contributed by atoms with Crippen LogP contribution in [-0.4, -0.2) is 13.2 Å². The number of hydrogen-bond acceptors (Lipinski definition) is 1. The lowest BCUT2D eigenvalue weighted by Crippen LogP contribution is -1.97. The summed E-state index contributed by atoms with van der Waals surface area (Å²) in [4.78, 5) is 0. The SMILES string of the molecule is CCCCCCCCCCCCCCCCCCCCCCCCCCOCCCCCCCCCCCCCCCCCC. The van der Waals surface area contributed by atoms with Gasteiger partial charge in [-0.05, 0) is 12.8 Å². The van der Waals surface area contributed by atoms with Gasteiger partial charge in [0.25, 0.3) is 0 Å². The number of unbranched alkanes of at least 4 members (excludes halogenated alkanes) is 38. The minimum Gasteiger partial charge on any atom is -0.381 e. The van der Waals surface area contributed by atoms with Crippen LogP contribution in [0.2, 0.25) is 0 Å². The molecule has 0 aliphatic carbocycles. The monoisotopic (exact) mass is 635 g/mol. The van der Waals surface area contributed by atoms with Crippen molar-refractivity contribution in [3.05, 3.63) is 0 Å². The topological polar surface area (TPSA) is 9.23 Å². The largest absolute Gasteiger partial charge is 0.381 e. The zero-order chi connectivity index (χ0) is 32.4. The van der Waals surface area contributed by atoms with E-state index >= 15 is 0 Å². The van der Waals surface area contributed by atoms with Gasteiger partial charge in [0.2, 0.25) is 0 Å². The molecule has 0 unspecified atom stereocenters. The van der Waals surface area contributed by atoms with E-state index in [0.29, 0.717) is 0 Å². The Kier molecular flexibility index (Phi) is 43.9. The first-order valence-corrected chi connectivity index (χ1v) is 22.0. The molecule has 0 amide bonds. The van der Waals surface area contributed by atoms with Crippen molar-refractivity contribution in [2.45, 2.75) is 271 Å². The van der Waals surface area contributed by atoms with Gasteiger partial charge in [-0.1, -0.05) is 258 Å². The average Bonchev–Trinajstić information content (AvgIpc) is 3.05. The molecule has 0 saturated heterocycles. The van der Waals surface area contributed by atoms with Gasteiger partial charge in [0.05, 0.1) is 0 Å². The fourth-order valence-corrected chi connectivity index (χ4v) is 7.02. The van der Waals surface area contributed by atoms with Crippen LogP contribution in [0, 0.1) is 0 Å². The minimum atomic E-state index is 0.998. The van der Waals surface area contributed by atoms with Crippen LogP contribution in [0.5, 0.6) is 0 Å². The maximum atomic E-state index is 5.90. The van der Waals surface area contributed by atoms with Gasteiger partial charge < -0.3 is 4.74 Å². The van der Waals surface area contributed by atoms with E-state index < -0.39 is 0 Å². The van der Waals surface area contributed by atoms with Crippen molar-refractivity contribution in [3.8, 4) is 0 Å². The Morgan fingerprint density at radius 1 is 0.178 bits per heavy atom.